The molecule has 0 aromatic heterocycles. The predicted molar refractivity (Wildman–Crippen MR) is 105 cm³/mol. The zero-order chi connectivity index (χ0) is 19.1. The van der Waals surface area contributed by atoms with Gasteiger partial charge < -0.3 is 15.0 Å². The summed E-state index contributed by atoms with van der Waals surface area (Å²) < 4.78 is 5.72. The molecule has 0 spiro atoms. The maximum absolute atomic E-state index is 12.6. The van der Waals surface area contributed by atoms with Crippen LogP contribution in [0.4, 0.5) is 0 Å². The number of rotatable bonds is 6. The fourth-order valence-corrected chi connectivity index (χ4v) is 3.34. The van der Waals surface area contributed by atoms with E-state index < -0.39 is 0 Å². The number of carbonyl (C=O) groups excluding carboxylic acids is 2. The molecule has 5 nitrogen and oxygen atoms in total. The molecule has 1 aliphatic rings. The highest BCUT2D eigenvalue weighted by atomic mass is 16.5. The molecule has 0 unspecified atom stereocenters. The van der Waals surface area contributed by atoms with E-state index in [1.165, 1.54) is 0 Å². The molecule has 27 heavy (non-hydrogen) atoms. The van der Waals surface area contributed by atoms with Gasteiger partial charge >= 0.3 is 0 Å². The van der Waals surface area contributed by atoms with Crippen LogP contribution in [0, 0.1) is 0 Å². The van der Waals surface area contributed by atoms with Crippen LogP contribution >= 0.6 is 0 Å². The monoisotopic (exact) mass is 366 g/mol. The van der Waals surface area contributed by atoms with Crippen molar-refractivity contribution in [3.05, 3.63) is 65.7 Å². The molecule has 0 aliphatic carbocycles. The van der Waals surface area contributed by atoms with Gasteiger partial charge in [0.05, 0.1) is 5.56 Å². The Kier molecular flexibility index (Phi) is 6.47. The van der Waals surface area contributed by atoms with Gasteiger partial charge in [0.25, 0.3) is 11.8 Å². The molecule has 1 aliphatic heterocycles. The first-order chi connectivity index (χ1) is 13.1. The summed E-state index contributed by atoms with van der Waals surface area (Å²) >= 11 is 0. The summed E-state index contributed by atoms with van der Waals surface area (Å²) in [6.07, 6.45) is 3.23. The molecular formula is C22H26N2O3. The first-order valence-electron chi connectivity index (χ1n) is 9.48. The van der Waals surface area contributed by atoms with Gasteiger partial charge in [-0.1, -0.05) is 42.5 Å². The third-order valence-electron chi connectivity index (χ3n) is 4.90. The molecule has 1 heterocycles. The first-order valence-corrected chi connectivity index (χ1v) is 9.48. The highest BCUT2D eigenvalue weighted by Gasteiger charge is 2.23. The Hall–Kier alpha value is -2.82. The lowest BCUT2D eigenvalue weighted by atomic mass is 10.0. The number of ether oxygens (including phenoxy) is 1. The summed E-state index contributed by atoms with van der Waals surface area (Å²) in [7, 11) is 0. The lowest BCUT2D eigenvalue weighted by molar-refractivity contribution is -0.136. The second-order valence-corrected chi connectivity index (χ2v) is 6.89. The van der Waals surface area contributed by atoms with Crippen LogP contribution in [0.5, 0.6) is 5.75 Å². The Balaban J connectivity index is 1.59. The molecule has 1 N–H and O–H groups in total. The van der Waals surface area contributed by atoms with Crippen molar-refractivity contribution in [3.8, 4) is 5.75 Å². The third kappa shape index (κ3) is 5.09. The van der Waals surface area contributed by atoms with Gasteiger partial charge in [0.1, 0.15) is 5.75 Å². The number of carbonyl (C=O) groups is 2. The summed E-state index contributed by atoms with van der Waals surface area (Å²) in [4.78, 5) is 26.9. The number of piperidine rings is 1. The molecule has 0 saturated carbocycles. The fourth-order valence-electron chi connectivity index (χ4n) is 3.34. The average Bonchev–Trinajstić information content (AvgIpc) is 2.71. The minimum Gasteiger partial charge on any atom is -0.483 e. The van der Waals surface area contributed by atoms with Crippen molar-refractivity contribution < 1.29 is 14.3 Å². The average molecular weight is 366 g/mol. The highest BCUT2D eigenvalue weighted by Crippen LogP contribution is 2.20. The van der Waals surface area contributed by atoms with Crippen LogP contribution < -0.4 is 10.1 Å². The van der Waals surface area contributed by atoms with Crippen LogP contribution in [0.1, 0.15) is 42.1 Å². The van der Waals surface area contributed by atoms with Crippen molar-refractivity contribution in [1.82, 2.24) is 10.2 Å². The quantitative estimate of drug-likeness (QED) is 0.852. The molecule has 3 rings (SSSR count). The Morgan fingerprint density at radius 3 is 2.59 bits per heavy atom. The largest absolute Gasteiger partial charge is 0.483 e. The van der Waals surface area contributed by atoms with Crippen LogP contribution in [0.3, 0.4) is 0 Å². The van der Waals surface area contributed by atoms with Gasteiger partial charge in [0, 0.05) is 19.1 Å². The van der Waals surface area contributed by atoms with E-state index in [2.05, 4.69) is 12.2 Å². The van der Waals surface area contributed by atoms with Gasteiger partial charge in [-0.3, -0.25) is 9.59 Å². The minimum atomic E-state index is -0.215. The SMILES string of the molecule is C[C@H]1CCCCN1C(=O)COc1ccccc1C(=O)NCc1ccccc1. The van der Waals surface area contributed by atoms with Crippen molar-refractivity contribution in [2.24, 2.45) is 0 Å². The van der Waals surface area contributed by atoms with E-state index in [1.54, 1.807) is 24.3 Å². The van der Waals surface area contributed by atoms with Crippen LogP contribution in [0.15, 0.2) is 54.6 Å². The van der Waals surface area contributed by atoms with Crippen molar-refractivity contribution in [2.45, 2.75) is 38.8 Å². The van der Waals surface area contributed by atoms with Gasteiger partial charge in [-0.15, -0.1) is 0 Å². The van der Waals surface area contributed by atoms with Crippen LogP contribution in [0.2, 0.25) is 0 Å². The van der Waals surface area contributed by atoms with Crippen molar-refractivity contribution in [2.75, 3.05) is 13.2 Å². The second-order valence-electron chi connectivity index (χ2n) is 6.89. The lowest BCUT2D eigenvalue weighted by Crippen LogP contribution is -2.44. The summed E-state index contributed by atoms with van der Waals surface area (Å²) in [5.41, 5.74) is 1.46. The molecule has 0 bridgehead atoms. The summed E-state index contributed by atoms with van der Waals surface area (Å²) in [6, 6.07) is 17.0. The Morgan fingerprint density at radius 2 is 1.81 bits per heavy atom. The van der Waals surface area contributed by atoms with Crippen molar-refractivity contribution in [1.29, 1.82) is 0 Å². The van der Waals surface area contributed by atoms with E-state index in [-0.39, 0.29) is 24.5 Å². The van der Waals surface area contributed by atoms with E-state index >= 15 is 0 Å². The molecule has 1 saturated heterocycles. The van der Waals surface area contributed by atoms with Crippen molar-refractivity contribution in [3.63, 3.8) is 0 Å². The van der Waals surface area contributed by atoms with E-state index in [0.29, 0.717) is 17.9 Å². The molecule has 2 aromatic carbocycles. The topological polar surface area (TPSA) is 58.6 Å². The van der Waals surface area contributed by atoms with Gasteiger partial charge in [-0.25, -0.2) is 0 Å². The number of benzene rings is 2. The summed E-state index contributed by atoms with van der Waals surface area (Å²) in [5.74, 6) is 0.191. The third-order valence-corrected chi connectivity index (χ3v) is 4.90. The Labute approximate surface area is 160 Å². The zero-order valence-corrected chi connectivity index (χ0v) is 15.7. The van der Waals surface area contributed by atoms with E-state index in [1.807, 2.05) is 35.2 Å². The fraction of sp³-hybridized carbons (Fsp3) is 0.364. The normalized spacial score (nSPS) is 16.6. The molecule has 2 aromatic rings. The molecule has 142 valence electrons. The molecule has 0 radical (unpaired) electrons. The van der Waals surface area contributed by atoms with Crippen LogP contribution in [-0.4, -0.2) is 35.9 Å². The molecule has 5 heteroatoms. The van der Waals surface area contributed by atoms with Gasteiger partial charge in [0.2, 0.25) is 0 Å². The zero-order valence-electron chi connectivity index (χ0n) is 15.7. The highest BCUT2D eigenvalue weighted by molar-refractivity contribution is 5.97. The number of nitrogens with zero attached hydrogens (tertiary/aromatic N) is 1. The molecular weight excluding hydrogens is 340 g/mol. The number of nitrogens with one attached hydrogen (secondary N) is 1. The summed E-state index contributed by atoms with van der Waals surface area (Å²) in [5, 5.41) is 2.90. The van der Waals surface area contributed by atoms with Crippen LogP contribution in [-0.2, 0) is 11.3 Å². The first kappa shape index (κ1) is 19.0. The number of hydrogen-bond donors (Lipinski definition) is 1. The number of amides is 2. The van der Waals surface area contributed by atoms with Crippen molar-refractivity contribution >= 4 is 11.8 Å². The standard InChI is InChI=1S/C22H26N2O3/c1-17-9-7-8-14-24(17)21(25)16-27-20-13-6-5-12-19(20)22(26)23-15-18-10-3-2-4-11-18/h2-6,10-13,17H,7-9,14-16H2,1H3,(H,23,26)/t17-/m0/s1. The second kappa shape index (κ2) is 9.21. The van der Waals surface area contributed by atoms with Gasteiger partial charge in [-0.05, 0) is 43.9 Å². The molecule has 1 fully saturated rings. The maximum atomic E-state index is 12.6. The maximum Gasteiger partial charge on any atom is 0.260 e. The van der Waals surface area contributed by atoms with E-state index in [0.717, 1.165) is 31.4 Å². The van der Waals surface area contributed by atoms with Gasteiger partial charge in [-0.2, -0.15) is 0 Å². The minimum absolute atomic E-state index is 0.0262. The van der Waals surface area contributed by atoms with Gasteiger partial charge in [0.15, 0.2) is 6.61 Å². The van der Waals surface area contributed by atoms with E-state index in [4.69, 9.17) is 4.74 Å². The predicted octanol–water partition coefficient (Wildman–Crippen LogP) is 3.40. The summed E-state index contributed by atoms with van der Waals surface area (Å²) in [6.45, 7) is 3.25. The Bertz CT molecular complexity index is 776. The lowest BCUT2D eigenvalue weighted by Gasteiger charge is -2.33. The Morgan fingerprint density at radius 1 is 1.07 bits per heavy atom. The number of para-hydroxylation sites is 1. The smallest absolute Gasteiger partial charge is 0.260 e. The molecule has 1 atom stereocenters. The number of likely N-dealkylation sites (tertiary alicyclic amines) is 1. The number of hydrogen-bond acceptors (Lipinski definition) is 3. The molecule has 2 amide bonds. The van der Waals surface area contributed by atoms with Crippen LogP contribution in [0.25, 0.3) is 0 Å². The van der Waals surface area contributed by atoms with E-state index in [9.17, 15) is 9.59 Å².